The van der Waals surface area contributed by atoms with Crippen LogP contribution in [0.1, 0.15) is 13.3 Å². The molecule has 1 heterocycles. The Hall–Kier alpha value is -2.63. The summed E-state index contributed by atoms with van der Waals surface area (Å²) in [4.78, 5) is 34.9. The van der Waals surface area contributed by atoms with Gasteiger partial charge in [0.15, 0.2) is 0 Å². The minimum absolute atomic E-state index is 0.0713. The third kappa shape index (κ3) is 2.85. The minimum Gasteiger partial charge on any atom is -0.478 e. The van der Waals surface area contributed by atoms with E-state index in [0.717, 1.165) is 0 Å². The molecule has 1 aromatic rings. The van der Waals surface area contributed by atoms with E-state index in [4.69, 9.17) is 0 Å². The normalized spacial score (nSPS) is 18.4. The Bertz CT molecular complexity index is 592. The Morgan fingerprint density at radius 1 is 1.30 bits per heavy atom. The molecule has 6 nitrogen and oxygen atoms in total. The van der Waals surface area contributed by atoms with Crippen molar-refractivity contribution in [2.24, 2.45) is 5.92 Å². The van der Waals surface area contributed by atoms with Crippen molar-refractivity contribution >= 4 is 23.5 Å². The number of carboxylic acid groups (broad SMARTS) is 1. The summed E-state index contributed by atoms with van der Waals surface area (Å²) in [7, 11) is 0. The topological polar surface area (TPSA) is 95.5 Å². The number of hydrogen-bond acceptors (Lipinski definition) is 3. The lowest BCUT2D eigenvalue weighted by Gasteiger charge is -2.24. The molecule has 0 unspecified atom stereocenters. The standard InChI is InChI=1S/C14H14N2O4/c1-8-12(14(19)20)10(7-11(17)15-8)13(18)16-9-5-3-2-4-6-9/h2-6,10H,7H2,1H3,(H,15,17)(H,16,18)(H,19,20)/t10-/m1/s1. The average molecular weight is 274 g/mol. The second kappa shape index (κ2) is 5.56. The molecule has 1 aliphatic heterocycles. The number of carbonyl (C=O) groups is 3. The van der Waals surface area contributed by atoms with E-state index in [1.807, 2.05) is 0 Å². The van der Waals surface area contributed by atoms with Crippen LogP contribution in [-0.4, -0.2) is 22.9 Å². The van der Waals surface area contributed by atoms with Gasteiger partial charge in [-0.2, -0.15) is 0 Å². The largest absolute Gasteiger partial charge is 0.478 e. The van der Waals surface area contributed by atoms with Gasteiger partial charge in [0, 0.05) is 17.8 Å². The van der Waals surface area contributed by atoms with E-state index >= 15 is 0 Å². The Labute approximate surface area is 115 Å². The first kappa shape index (κ1) is 13.8. The minimum atomic E-state index is -1.20. The van der Waals surface area contributed by atoms with Crippen molar-refractivity contribution in [3.05, 3.63) is 41.6 Å². The summed E-state index contributed by atoms with van der Waals surface area (Å²) in [5.74, 6) is -3.04. The maximum atomic E-state index is 12.2. The zero-order valence-electron chi connectivity index (χ0n) is 10.8. The molecule has 0 aliphatic carbocycles. The molecule has 0 spiro atoms. The quantitative estimate of drug-likeness (QED) is 0.769. The molecule has 2 amide bonds. The number of benzene rings is 1. The van der Waals surface area contributed by atoms with Crippen molar-refractivity contribution in [2.45, 2.75) is 13.3 Å². The lowest BCUT2D eigenvalue weighted by atomic mass is 9.89. The van der Waals surface area contributed by atoms with Gasteiger partial charge in [0.1, 0.15) is 0 Å². The number of rotatable bonds is 3. The molecule has 2 rings (SSSR count). The van der Waals surface area contributed by atoms with Gasteiger partial charge in [0.05, 0.1) is 11.5 Å². The van der Waals surface area contributed by atoms with Crippen LogP contribution in [0, 0.1) is 5.92 Å². The third-order valence-corrected chi connectivity index (χ3v) is 3.06. The van der Waals surface area contributed by atoms with Crippen molar-refractivity contribution in [1.82, 2.24) is 5.32 Å². The molecular formula is C14H14N2O4. The lowest BCUT2D eigenvalue weighted by Crippen LogP contribution is -2.39. The maximum absolute atomic E-state index is 12.2. The molecule has 0 saturated heterocycles. The van der Waals surface area contributed by atoms with Crippen LogP contribution in [0.5, 0.6) is 0 Å². The third-order valence-electron chi connectivity index (χ3n) is 3.06. The van der Waals surface area contributed by atoms with Crippen LogP contribution in [0.4, 0.5) is 5.69 Å². The zero-order chi connectivity index (χ0) is 14.7. The first-order chi connectivity index (χ1) is 9.49. The van der Waals surface area contributed by atoms with Crippen LogP contribution < -0.4 is 10.6 Å². The van der Waals surface area contributed by atoms with E-state index in [9.17, 15) is 19.5 Å². The predicted molar refractivity (Wildman–Crippen MR) is 71.7 cm³/mol. The number of allylic oxidation sites excluding steroid dienone is 1. The van der Waals surface area contributed by atoms with Gasteiger partial charge < -0.3 is 15.7 Å². The van der Waals surface area contributed by atoms with E-state index in [1.54, 1.807) is 30.3 Å². The van der Waals surface area contributed by atoms with Crippen molar-refractivity contribution in [1.29, 1.82) is 0 Å². The summed E-state index contributed by atoms with van der Waals surface area (Å²) in [5.41, 5.74) is 0.700. The molecule has 3 N–H and O–H groups in total. The molecule has 0 fully saturated rings. The maximum Gasteiger partial charge on any atom is 0.334 e. The van der Waals surface area contributed by atoms with Crippen LogP contribution >= 0.6 is 0 Å². The number of carbonyl (C=O) groups excluding carboxylic acids is 2. The highest BCUT2D eigenvalue weighted by atomic mass is 16.4. The van der Waals surface area contributed by atoms with E-state index < -0.39 is 17.8 Å². The summed E-state index contributed by atoms with van der Waals surface area (Å²) < 4.78 is 0. The van der Waals surface area contributed by atoms with Crippen LogP contribution in [0.3, 0.4) is 0 Å². The van der Waals surface area contributed by atoms with Crippen LogP contribution in [0.15, 0.2) is 41.6 Å². The fourth-order valence-corrected chi connectivity index (χ4v) is 2.16. The van der Waals surface area contributed by atoms with Gasteiger partial charge in [-0.05, 0) is 19.1 Å². The van der Waals surface area contributed by atoms with Gasteiger partial charge in [-0.25, -0.2) is 4.79 Å². The second-order valence-electron chi connectivity index (χ2n) is 4.50. The van der Waals surface area contributed by atoms with Crippen molar-refractivity contribution < 1.29 is 19.5 Å². The van der Waals surface area contributed by atoms with Gasteiger partial charge in [0.25, 0.3) is 0 Å². The highest BCUT2D eigenvalue weighted by Crippen LogP contribution is 2.24. The second-order valence-corrected chi connectivity index (χ2v) is 4.50. The number of para-hydroxylation sites is 1. The first-order valence-electron chi connectivity index (χ1n) is 6.09. The molecule has 0 radical (unpaired) electrons. The van der Waals surface area contributed by atoms with Crippen molar-refractivity contribution in [3.63, 3.8) is 0 Å². The monoisotopic (exact) mass is 274 g/mol. The summed E-state index contributed by atoms with van der Waals surface area (Å²) in [6.45, 7) is 1.48. The Morgan fingerprint density at radius 2 is 1.95 bits per heavy atom. The number of amides is 2. The van der Waals surface area contributed by atoms with Gasteiger partial charge in [-0.3, -0.25) is 9.59 Å². The average Bonchev–Trinajstić information content (AvgIpc) is 2.38. The summed E-state index contributed by atoms with van der Waals surface area (Å²) in [5, 5.41) is 14.3. The van der Waals surface area contributed by atoms with Gasteiger partial charge in [-0.1, -0.05) is 18.2 Å². The molecule has 20 heavy (non-hydrogen) atoms. The highest BCUT2D eigenvalue weighted by Gasteiger charge is 2.35. The molecular weight excluding hydrogens is 260 g/mol. The molecule has 0 aromatic heterocycles. The summed E-state index contributed by atoms with van der Waals surface area (Å²) >= 11 is 0. The van der Waals surface area contributed by atoms with Gasteiger partial charge in [0.2, 0.25) is 11.8 Å². The van der Waals surface area contributed by atoms with E-state index in [0.29, 0.717) is 5.69 Å². The number of anilines is 1. The Morgan fingerprint density at radius 3 is 2.55 bits per heavy atom. The fraction of sp³-hybridized carbons (Fsp3) is 0.214. The molecule has 0 bridgehead atoms. The van der Waals surface area contributed by atoms with E-state index in [-0.39, 0.29) is 23.6 Å². The van der Waals surface area contributed by atoms with Crippen LogP contribution in [0.25, 0.3) is 0 Å². The Balaban J connectivity index is 2.25. The Kier molecular flexibility index (Phi) is 3.84. The first-order valence-corrected chi connectivity index (χ1v) is 6.09. The highest BCUT2D eigenvalue weighted by molar-refractivity contribution is 6.05. The SMILES string of the molecule is CC1=C(C(=O)O)[C@H](C(=O)Nc2ccccc2)CC(=O)N1. The fourth-order valence-electron chi connectivity index (χ4n) is 2.16. The van der Waals surface area contributed by atoms with Crippen LogP contribution in [0.2, 0.25) is 0 Å². The molecule has 1 atom stereocenters. The van der Waals surface area contributed by atoms with Crippen LogP contribution in [-0.2, 0) is 14.4 Å². The lowest BCUT2D eigenvalue weighted by molar-refractivity contribution is -0.136. The molecule has 104 valence electrons. The summed E-state index contributed by atoms with van der Waals surface area (Å²) in [6.07, 6.45) is -0.169. The van der Waals surface area contributed by atoms with Crippen molar-refractivity contribution in [3.8, 4) is 0 Å². The number of carboxylic acids is 1. The molecule has 0 saturated carbocycles. The van der Waals surface area contributed by atoms with E-state index in [2.05, 4.69) is 10.6 Å². The smallest absolute Gasteiger partial charge is 0.334 e. The molecule has 1 aromatic carbocycles. The number of nitrogens with one attached hydrogen (secondary N) is 2. The van der Waals surface area contributed by atoms with E-state index in [1.165, 1.54) is 6.92 Å². The van der Waals surface area contributed by atoms with Crippen molar-refractivity contribution in [2.75, 3.05) is 5.32 Å². The summed E-state index contributed by atoms with van der Waals surface area (Å²) in [6, 6.07) is 8.69. The number of hydrogen-bond donors (Lipinski definition) is 3. The molecule has 6 heteroatoms. The predicted octanol–water partition coefficient (Wildman–Crippen LogP) is 1.12. The van der Waals surface area contributed by atoms with Gasteiger partial charge in [-0.15, -0.1) is 0 Å². The molecule has 1 aliphatic rings. The number of aliphatic carboxylic acids is 1. The van der Waals surface area contributed by atoms with Gasteiger partial charge >= 0.3 is 5.97 Å². The zero-order valence-corrected chi connectivity index (χ0v) is 10.8.